The molecule has 0 aliphatic carbocycles. The Kier molecular flexibility index (Phi) is 3.63. The number of hydrogen-bond donors (Lipinski definition) is 0. The summed E-state index contributed by atoms with van der Waals surface area (Å²) in [6.07, 6.45) is 7.03. The van der Waals surface area contributed by atoms with Crippen molar-refractivity contribution in [3.05, 3.63) is 65.1 Å². The van der Waals surface area contributed by atoms with Crippen LogP contribution in [-0.4, -0.2) is 19.3 Å². The van der Waals surface area contributed by atoms with E-state index in [9.17, 15) is 4.79 Å². The van der Waals surface area contributed by atoms with Gasteiger partial charge in [0.2, 0.25) is 0 Å². The summed E-state index contributed by atoms with van der Waals surface area (Å²) in [6, 6.07) is 7.56. The molecule has 0 aliphatic rings. The third-order valence-electron chi connectivity index (χ3n) is 3.60. The normalized spacial score (nSPS) is 11.1. The zero-order chi connectivity index (χ0) is 15.7. The van der Waals surface area contributed by atoms with Crippen LogP contribution in [0.15, 0.2) is 53.8 Å². The van der Waals surface area contributed by atoms with Crippen LogP contribution in [0.5, 0.6) is 0 Å². The van der Waals surface area contributed by atoms with Crippen molar-refractivity contribution in [2.75, 3.05) is 0 Å². The van der Waals surface area contributed by atoms with E-state index >= 15 is 0 Å². The molecular formula is C17H18N4O. The third-order valence-corrected chi connectivity index (χ3v) is 3.60. The molecule has 0 atom stereocenters. The lowest BCUT2D eigenvalue weighted by atomic mass is 10.1. The smallest absolute Gasteiger partial charge is 0.263 e. The first-order chi connectivity index (χ1) is 10.6. The van der Waals surface area contributed by atoms with Gasteiger partial charge in [-0.1, -0.05) is 13.8 Å². The predicted molar refractivity (Wildman–Crippen MR) is 86.1 cm³/mol. The molecule has 0 fully saturated rings. The Balaban J connectivity index is 2.07. The van der Waals surface area contributed by atoms with Gasteiger partial charge in [0.1, 0.15) is 0 Å². The Morgan fingerprint density at radius 1 is 1.14 bits per heavy atom. The molecule has 0 aliphatic heterocycles. The zero-order valence-electron chi connectivity index (χ0n) is 12.9. The second-order valence-electron chi connectivity index (χ2n) is 5.60. The molecule has 3 rings (SSSR count). The molecule has 3 heterocycles. The highest BCUT2D eigenvalue weighted by Crippen LogP contribution is 2.16. The van der Waals surface area contributed by atoms with Crippen LogP contribution >= 0.6 is 0 Å². The van der Waals surface area contributed by atoms with Crippen molar-refractivity contribution in [3.63, 3.8) is 0 Å². The lowest BCUT2D eigenvalue weighted by Crippen LogP contribution is -2.19. The van der Waals surface area contributed by atoms with Gasteiger partial charge in [-0.15, -0.1) is 0 Å². The highest BCUT2D eigenvalue weighted by molar-refractivity contribution is 5.61. The second kappa shape index (κ2) is 5.60. The van der Waals surface area contributed by atoms with Crippen LogP contribution in [0.4, 0.5) is 0 Å². The van der Waals surface area contributed by atoms with Crippen molar-refractivity contribution in [2.24, 2.45) is 7.05 Å². The number of hydrogen-bond acceptors (Lipinski definition) is 3. The van der Waals surface area contributed by atoms with E-state index in [-0.39, 0.29) is 5.56 Å². The van der Waals surface area contributed by atoms with Gasteiger partial charge >= 0.3 is 0 Å². The molecule has 5 heteroatoms. The van der Waals surface area contributed by atoms with E-state index in [4.69, 9.17) is 0 Å². The van der Waals surface area contributed by atoms with Crippen molar-refractivity contribution in [1.82, 2.24) is 19.3 Å². The number of pyridine rings is 2. The number of nitrogens with zero attached hydrogens (tertiary/aromatic N) is 4. The average Bonchev–Trinajstić information content (AvgIpc) is 2.94. The van der Waals surface area contributed by atoms with Gasteiger partial charge < -0.3 is 0 Å². The molecule has 0 unspecified atom stereocenters. The van der Waals surface area contributed by atoms with Crippen LogP contribution < -0.4 is 5.56 Å². The molecule has 0 radical (unpaired) electrons. The fourth-order valence-corrected chi connectivity index (χ4v) is 2.36. The monoisotopic (exact) mass is 294 g/mol. The third kappa shape index (κ3) is 2.57. The van der Waals surface area contributed by atoms with Gasteiger partial charge in [-0.3, -0.25) is 19.0 Å². The van der Waals surface area contributed by atoms with Crippen molar-refractivity contribution in [1.29, 1.82) is 0 Å². The number of aromatic nitrogens is 4. The van der Waals surface area contributed by atoms with Gasteiger partial charge in [0.15, 0.2) is 0 Å². The molecule has 0 saturated carbocycles. The summed E-state index contributed by atoms with van der Waals surface area (Å²) in [5, 5.41) is 4.12. The van der Waals surface area contributed by atoms with Gasteiger partial charge in [-0.2, -0.15) is 5.10 Å². The maximum Gasteiger partial charge on any atom is 0.263 e. The Hall–Kier alpha value is -2.69. The van der Waals surface area contributed by atoms with Crippen molar-refractivity contribution >= 4 is 0 Å². The molecule has 5 nitrogen and oxygen atoms in total. The van der Waals surface area contributed by atoms with Gasteiger partial charge in [0, 0.05) is 30.7 Å². The highest BCUT2D eigenvalue weighted by Gasteiger charge is 2.09. The fourth-order valence-electron chi connectivity index (χ4n) is 2.36. The van der Waals surface area contributed by atoms with Gasteiger partial charge in [0.05, 0.1) is 23.6 Å². The van der Waals surface area contributed by atoms with E-state index in [1.54, 1.807) is 27.8 Å². The summed E-state index contributed by atoms with van der Waals surface area (Å²) >= 11 is 0. The van der Waals surface area contributed by atoms with Crippen LogP contribution in [0.25, 0.3) is 16.8 Å². The summed E-state index contributed by atoms with van der Waals surface area (Å²) in [7, 11) is 1.83. The summed E-state index contributed by atoms with van der Waals surface area (Å²) in [4.78, 5) is 17.1. The van der Waals surface area contributed by atoms with Gasteiger partial charge in [0.25, 0.3) is 5.56 Å². The Morgan fingerprint density at radius 2 is 1.95 bits per heavy atom. The molecule has 0 spiro atoms. The maximum absolute atomic E-state index is 12.7. The molecule has 3 aromatic rings. The summed E-state index contributed by atoms with van der Waals surface area (Å²) in [6.45, 7) is 4.19. The van der Waals surface area contributed by atoms with Crippen LogP contribution in [0, 0.1) is 0 Å². The molecule has 0 saturated heterocycles. The van der Waals surface area contributed by atoms with Crippen LogP contribution in [-0.2, 0) is 7.05 Å². The van der Waals surface area contributed by atoms with E-state index in [0.29, 0.717) is 11.5 Å². The first-order valence-electron chi connectivity index (χ1n) is 7.23. The van der Waals surface area contributed by atoms with Crippen LogP contribution in [0.1, 0.15) is 25.5 Å². The van der Waals surface area contributed by atoms with Crippen LogP contribution in [0.2, 0.25) is 0 Å². The summed E-state index contributed by atoms with van der Waals surface area (Å²) in [5.41, 5.74) is 3.15. The molecule has 3 aromatic heterocycles. The molecule has 0 aromatic carbocycles. The predicted octanol–water partition coefficient (Wildman–Crippen LogP) is 2.76. The first-order valence-corrected chi connectivity index (χ1v) is 7.23. The van der Waals surface area contributed by atoms with Crippen molar-refractivity contribution in [3.8, 4) is 16.8 Å². The molecule has 112 valence electrons. The molecule has 0 N–H and O–H groups in total. The van der Waals surface area contributed by atoms with Crippen molar-refractivity contribution in [2.45, 2.75) is 19.8 Å². The number of aryl methyl sites for hydroxylation is 1. The van der Waals surface area contributed by atoms with E-state index in [1.807, 2.05) is 37.5 Å². The van der Waals surface area contributed by atoms with Crippen molar-refractivity contribution < 1.29 is 0 Å². The van der Waals surface area contributed by atoms with Gasteiger partial charge in [-0.25, -0.2) is 0 Å². The fraction of sp³-hybridized carbons (Fsp3) is 0.235. The molecule has 0 bridgehead atoms. The standard InChI is InChI=1S/C17H18N4O/c1-12(2)16-7-6-14(10-18-16)21-8-4-5-15(17(21)22)13-9-19-20(3)11-13/h4-12H,1-3H3. The Labute approximate surface area is 128 Å². The quantitative estimate of drug-likeness (QED) is 0.746. The largest absolute Gasteiger partial charge is 0.282 e. The Morgan fingerprint density at radius 3 is 2.55 bits per heavy atom. The lowest BCUT2D eigenvalue weighted by Gasteiger charge is -2.09. The van der Waals surface area contributed by atoms with E-state index in [1.165, 1.54) is 0 Å². The average molecular weight is 294 g/mol. The topological polar surface area (TPSA) is 52.7 Å². The highest BCUT2D eigenvalue weighted by atomic mass is 16.1. The SMILES string of the molecule is CC(C)c1ccc(-n2cccc(-c3cnn(C)c3)c2=O)cn1. The zero-order valence-corrected chi connectivity index (χ0v) is 12.9. The molecular weight excluding hydrogens is 276 g/mol. The number of rotatable bonds is 3. The maximum atomic E-state index is 12.7. The minimum Gasteiger partial charge on any atom is -0.282 e. The minimum atomic E-state index is -0.0744. The van der Waals surface area contributed by atoms with E-state index in [2.05, 4.69) is 23.9 Å². The lowest BCUT2D eigenvalue weighted by molar-refractivity contribution is 0.768. The summed E-state index contributed by atoms with van der Waals surface area (Å²) < 4.78 is 3.30. The Bertz CT molecular complexity index is 844. The first kappa shape index (κ1) is 14.3. The molecule has 0 amide bonds. The minimum absolute atomic E-state index is 0.0744. The second-order valence-corrected chi connectivity index (χ2v) is 5.60. The van der Waals surface area contributed by atoms with Crippen LogP contribution in [0.3, 0.4) is 0 Å². The van der Waals surface area contributed by atoms with E-state index < -0.39 is 0 Å². The van der Waals surface area contributed by atoms with Gasteiger partial charge in [-0.05, 0) is 30.2 Å². The van der Waals surface area contributed by atoms with E-state index in [0.717, 1.165) is 16.9 Å². The summed E-state index contributed by atoms with van der Waals surface area (Å²) in [5.74, 6) is 0.368. The molecule has 22 heavy (non-hydrogen) atoms.